The minimum Gasteiger partial charge on any atom is -0.384 e. The van der Waals surface area contributed by atoms with E-state index in [0.717, 1.165) is 12.2 Å². The van der Waals surface area contributed by atoms with Gasteiger partial charge in [-0.2, -0.15) is 5.10 Å². The van der Waals surface area contributed by atoms with Gasteiger partial charge in [-0.1, -0.05) is 24.3 Å². The van der Waals surface area contributed by atoms with E-state index in [9.17, 15) is 0 Å². The van der Waals surface area contributed by atoms with Gasteiger partial charge in [0.25, 0.3) is 0 Å². The van der Waals surface area contributed by atoms with E-state index in [4.69, 9.17) is 0 Å². The summed E-state index contributed by atoms with van der Waals surface area (Å²) in [5.74, 6) is 0. The molecule has 3 aromatic rings. The number of nitrogens with zero attached hydrogens (tertiary/aromatic N) is 3. The average Bonchev–Trinajstić information content (AvgIpc) is 3.08. The average molecular weight is 238 g/mol. The maximum absolute atomic E-state index is 3.97. The first-order chi connectivity index (χ1) is 8.93. The zero-order valence-electron chi connectivity index (χ0n) is 9.95. The molecule has 0 fully saturated rings. The van der Waals surface area contributed by atoms with Gasteiger partial charge in [0, 0.05) is 18.4 Å². The summed E-state index contributed by atoms with van der Waals surface area (Å²) in [4.78, 5) is 3.97. The predicted molar refractivity (Wildman–Crippen MR) is 71.6 cm³/mol. The minimum atomic E-state index is 0.887. The second kappa shape index (κ2) is 4.87. The van der Waals surface area contributed by atoms with Gasteiger partial charge in [-0.05, 0) is 30.2 Å². The number of hydrogen-bond donors (Lipinski definition) is 1. The quantitative estimate of drug-likeness (QED) is 0.654. The molecule has 0 saturated heterocycles. The van der Waals surface area contributed by atoms with Gasteiger partial charge in [-0.15, -0.1) is 0 Å². The van der Waals surface area contributed by atoms with E-state index < -0.39 is 0 Å². The van der Waals surface area contributed by atoms with Crippen LogP contribution in [0.5, 0.6) is 0 Å². The van der Waals surface area contributed by atoms with Gasteiger partial charge in [0.2, 0.25) is 0 Å². The Morgan fingerprint density at radius 2 is 1.94 bits per heavy atom. The summed E-state index contributed by atoms with van der Waals surface area (Å²) < 4.78 is 1.72. The van der Waals surface area contributed by atoms with Crippen LogP contribution in [0, 0.1) is 0 Å². The zero-order chi connectivity index (χ0) is 12.2. The van der Waals surface area contributed by atoms with Crippen LogP contribution in [0.3, 0.4) is 0 Å². The molecule has 0 bridgehead atoms. The second-order valence-electron chi connectivity index (χ2n) is 4.10. The molecule has 1 aliphatic rings. The molecule has 0 radical (unpaired) electrons. The van der Waals surface area contributed by atoms with Crippen LogP contribution in [-0.2, 0) is 6.42 Å². The number of aromatic nitrogens is 3. The third-order valence-electron chi connectivity index (χ3n) is 2.91. The van der Waals surface area contributed by atoms with Crippen LogP contribution >= 0.6 is 0 Å². The van der Waals surface area contributed by atoms with Gasteiger partial charge in [0.15, 0.2) is 5.65 Å². The fraction of sp³-hybridized carbons (Fsp3) is 0.143. The number of nitrogens with one attached hydrogen (secondary N) is 1. The topological polar surface area (TPSA) is 42.2 Å². The van der Waals surface area contributed by atoms with Crippen molar-refractivity contribution < 1.29 is 0 Å². The van der Waals surface area contributed by atoms with Crippen molar-refractivity contribution in [3.8, 4) is 0 Å². The van der Waals surface area contributed by atoms with Crippen LogP contribution < -0.4 is 5.32 Å². The molecule has 0 spiro atoms. The highest BCUT2D eigenvalue weighted by Crippen LogP contribution is 2.19. The summed E-state index contributed by atoms with van der Waals surface area (Å²) >= 11 is 0. The van der Waals surface area contributed by atoms with Gasteiger partial charge < -0.3 is 5.32 Å². The normalized spacial score (nSPS) is 12.4. The summed E-state index contributed by atoms with van der Waals surface area (Å²) in [6, 6.07) is 14.2. The number of anilines is 1. The van der Waals surface area contributed by atoms with Crippen LogP contribution in [0.4, 0.5) is 5.69 Å². The molecule has 4 rings (SSSR count). The van der Waals surface area contributed by atoms with Crippen molar-refractivity contribution in [2.45, 2.75) is 6.42 Å². The summed E-state index contributed by atoms with van der Waals surface area (Å²) in [5, 5.41) is 7.22. The van der Waals surface area contributed by atoms with Gasteiger partial charge in [0.05, 0.1) is 0 Å². The largest absolute Gasteiger partial charge is 0.384 e. The molecule has 2 aromatic heterocycles. The number of pyridine rings is 1. The Balaban J connectivity index is 0.000000111. The number of fused-ring (bicyclic) bond motifs is 2. The van der Waals surface area contributed by atoms with Crippen molar-refractivity contribution in [3.63, 3.8) is 0 Å². The molecule has 0 saturated carbocycles. The Hall–Kier alpha value is -2.36. The lowest BCUT2D eigenvalue weighted by atomic mass is 10.2. The van der Waals surface area contributed by atoms with E-state index >= 15 is 0 Å². The zero-order valence-corrected chi connectivity index (χ0v) is 9.95. The van der Waals surface area contributed by atoms with Crippen LogP contribution in [-0.4, -0.2) is 21.1 Å². The fourth-order valence-corrected chi connectivity index (χ4v) is 2.01. The van der Waals surface area contributed by atoms with E-state index in [1.54, 1.807) is 4.52 Å². The number of para-hydroxylation sites is 1. The van der Waals surface area contributed by atoms with Gasteiger partial charge in [-0.25, -0.2) is 9.50 Å². The third kappa shape index (κ3) is 2.18. The smallest absolute Gasteiger partial charge is 0.155 e. The molecule has 0 atom stereocenters. The molecule has 4 nitrogen and oxygen atoms in total. The van der Waals surface area contributed by atoms with Gasteiger partial charge >= 0.3 is 0 Å². The molecule has 3 heterocycles. The highest BCUT2D eigenvalue weighted by Gasteiger charge is 2.05. The van der Waals surface area contributed by atoms with Crippen molar-refractivity contribution in [1.29, 1.82) is 0 Å². The summed E-state index contributed by atoms with van der Waals surface area (Å²) in [6.45, 7) is 1.11. The molecule has 0 unspecified atom stereocenters. The van der Waals surface area contributed by atoms with E-state index in [0.29, 0.717) is 0 Å². The van der Waals surface area contributed by atoms with Crippen LogP contribution in [0.1, 0.15) is 5.56 Å². The molecule has 90 valence electrons. The maximum Gasteiger partial charge on any atom is 0.155 e. The van der Waals surface area contributed by atoms with E-state index in [2.05, 4.69) is 39.7 Å². The van der Waals surface area contributed by atoms with Gasteiger partial charge in [-0.3, -0.25) is 0 Å². The van der Waals surface area contributed by atoms with Crippen LogP contribution in [0.15, 0.2) is 55.0 Å². The van der Waals surface area contributed by atoms with E-state index in [1.165, 1.54) is 24.0 Å². The fourth-order valence-electron chi connectivity index (χ4n) is 2.01. The lowest BCUT2D eigenvalue weighted by Crippen LogP contribution is -1.90. The molecule has 18 heavy (non-hydrogen) atoms. The molecular formula is C14H14N4. The molecular weight excluding hydrogens is 224 g/mol. The molecule has 4 heteroatoms. The van der Waals surface area contributed by atoms with Crippen molar-refractivity contribution in [1.82, 2.24) is 14.6 Å². The standard InChI is InChI=1S/C8H9N.C6H5N3/c1-2-4-8-7(3-1)5-6-9-8;1-2-4-9-6(3-1)7-5-8-9/h1-4,9H,5-6H2;1-5H. The SMILES string of the molecule is c1ccc2c(c1)CCN2.c1ccn2ncnc2c1. The van der Waals surface area contributed by atoms with E-state index in [-0.39, 0.29) is 0 Å². The molecule has 1 aromatic carbocycles. The number of benzene rings is 1. The molecule has 0 aliphatic carbocycles. The van der Waals surface area contributed by atoms with E-state index in [1.807, 2.05) is 24.4 Å². The van der Waals surface area contributed by atoms with Crippen molar-refractivity contribution in [2.24, 2.45) is 0 Å². The molecule has 1 N–H and O–H groups in total. The summed E-state index contributed by atoms with van der Waals surface area (Å²) in [7, 11) is 0. The Kier molecular flexibility index (Phi) is 2.92. The van der Waals surface area contributed by atoms with Crippen LogP contribution in [0.2, 0.25) is 0 Å². The summed E-state index contributed by atoms with van der Waals surface area (Å²) in [6.07, 6.45) is 4.59. The highest BCUT2D eigenvalue weighted by molar-refractivity contribution is 5.54. The first kappa shape index (κ1) is 10.8. The highest BCUT2D eigenvalue weighted by atomic mass is 15.3. The van der Waals surface area contributed by atoms with Crippen LogP contribution in [0.25, 0.3) is 5.65 Å². The maximum atomic E-state index is 3.97. The van der Waals surface area contributed by atoms with Crippen molar-refractivity contribution in [2.75, 3.05) is 11.9 Å². The Labute approximate surface area is 105 Å². The Morgan fingerprint density at radius 3 is 2.83 bits per heavy atom. The predicted octanol–water partition coefficient (Wildman–Crippen LogP) is 2.38. The number of rotatable bonds is 0. The first-order valence-electron chi connectivity index (χ1n) is 5.99. The third-order valence-corrected chi connectivity index (χ3v) is 2.91. The van der Waals surface area contributed by atoms with Gasteiger partial charge in [0.1, 0.15) is 6.33 Å². The lowest BCUT2D eigenvalue weighted by Gasteiger charge is -1.94. The summed E-state index contributed by atoms with van der Waals surface area (Å²) in [5.41, 5.74) is 3.66. The Morgan fingerprint density at radius 1 is 1.06 bits per heavy atom. The minimum absolute atomic E-state index is 0.887. The molecule has 0 amide bonds. The second-order valence-corrected chi connectivity index (χ2v) is 4.10. The lowest BCUT2D eigenvalue weighted by molar-refractivity contribution is 0.961. The van der Waals surface area contributed by atoms with Crippen molar-refractivity contribution >= 4 is 11.3 Å². The Bertz CT molecular complexity index is 592. The first-order valence-corrected chi connectivity index (χ1v) is 5.99. The molecule has 1 aliphatic heterocycles. The number of hydrogen-bond acceptors (Lipinski definition) is 3. The van der Waals surface area contributed by atoms with Crippen molar-refractivity contribution in [3.05, 3.63) is 60.6 Å². The monoisotopic (exact) mass is 238 g/mol.